The highest BCUT2D eigenvalue weighted by molar-refractivity contribution is 5.24. The van der Waals surface area contributed by atoms with E-state index in [2.05, 4.69) is 5.32 Å². The predicted molar refractivity (Wildman–Crippen MR) is 60.4 cm³/mol. The lowest BCUT2D eigenvalue weighted by Crippen LogP contribution is -2.35. The predicted octanol–water partition coefficient (Wildman–Crippen LogP) is 3.21. The third kappa shape index (κ3) is 2.24. The summed E-state index contributed by atoms with van der Waals surface area (Å²) in [6.07, 6.45) is 4.36. The normalized spacial score (nSPS) is 25.7. The second kappa shape index (κ2) is 4.91. The number of halogens is 2. The van der Waals surface area contributed by atoms with Crippen molar-refractivity contribution in [3.05, 3.63) is 35.4 Å². The maximum atomic E-state index is 13.7. The monoisotopic (exact) mass is 225 g/mol. The third-order valence-corrected chi connectivity index (χ3v) is 3.50. The SMILES string of the molecule is CNC1CCCCC1c1ccc(F)cc1F. The van der Waals surface area contributed by atoms with Crippen LogP contribution in [-0.2, 0) is 0 Å². The molecular formula is C13H17F2N. The van der Waals surface area contributed by atoms with Crippen LogP contribution in [0.1, 0.15) is 37.2 Å². The molecule has 1 aliphatic rings. The molecule has 1 aliphatic carbocycles. The summed E-state index contributed by atoms with van der Waals surface area (Å²) < 4.78 is 26.5. The van der Waals surface area contributed by atoms with Crippen LogP contribution in [0.25, 0.3) is 0 Å². The summed E-state index contributed by atoms with van der Waals surface area (Å²) in [6.45, 7) is 0. The molecular weight excluding hydrogens is 208 g/mol. The fourth-order valence-corrected chi connectivity index (χ4v) is 2.65. The Balaban J connectivity index is 2.27. The molecule has 3 heteroatoms. The van der Waals surface area contributed by atoms with Gasteiger partial charge in [-0.15, -0.1) is 0 Å². The summed E-state index contributed by atoms with van der Waals surface area (Å²) in [5.74, 6) is -0.732. The van der Waals surface area contributed by atoms with Crippen LogP contribution in [0.2, 0.25) is 0 Å². The molecule has 1 aromatic carbocycles. The molecule has 2 rings (SSSR count). The van der Waals surface area contributed by atoms with Crippen molar-refractivity contribution in [1.82, 2.24) is 5.32 Å². The van der Waals surface area contributed by atoms with E-state index in [1.165, 1.54) is 12.5 Å². The minimum Gasteiger partial charge on any atom is -0.316 e. The molecule has 1 saturated carbocycles. The van der Waals surface area contributed by atoms with Crippen LogP contribution < -0.4 is 5.32 Å². The van der Waals surface area contributed by atoms with Gasteiger partial charge in [0.1, 0.15) is 11.6 Å². The van der Waals surface area contributed by atoms with Crippen LogP contribution in [-0.4, -0.2) is 13.1 Å². The Morgan fingerprint density at radius 1 is 1.19 bits per heavy atom. The molecule has 0 aliphatic heterocycles. The quantitative estimate of drug-likeness (QED) is 0.815. The first-order valence-corrected chi connectivity index (χ1v) is 5.84. The van der Waals surface area contributed by atoms with Crippen LogP contribution in [0, 0.1) is 11.6 Å². The largest absolute Gasteiger partial charge is 0.316 e. The number of nitrogens with one attached hydrogen (secondary N) is 1. The lowest BCUT2D eigenvalue weighted by molar-refractivity contribution is 0.336. The first-order valence-electron chi connectivity index (χ1n) is 5.84. The summed E-state index contributed by atoms with van der Waals surface area (Å²) in [5.41, 5.74) is 0.653. The van der Waals surface area contributed by atoms with E-state index in [0.29, 0.717) is 11.6 Å². The van der Waals surface area contributed by atoms with Crippen LogP contribution >= 0.6 is 0 Å². The van der Waals surface area contributed by atoms with Gasteiger partial charge in [0.05, 0.1) is 0 Å². The van der Waals surface area contributed by atoms with Crippen LogP contribution in [0.5, 0.6) is 0 Å². The van der Waals surface area contributed by atoms with E-state index in [0.717, 1.165) is 25.3 Å². The fraction of sp³-hybridized carbons (Fsp3) is 0.538. The van der Waals surface area contributed by atoms with Gasteiger partial charge in [0, 0.05) is 18.0 Å². The van der Waals surface area contributed by atoms with Crippen molar-refractivity contribution in [2.75, 3.05) is 7.05 Å². The van der Waals surface area contributed by atoms with Crippen molar-refractivity contribution in [3.8, 4) is 0 Å². The topological polar surface area (TPSA) is 12.0 Å². The summed E-state index contributed by atoms with van der Waals surface area (Å²) in [5, 5.41) is 3.23. The van der Waals surface area contributed by atoms with Gasteiger partial charge in [-0.25, -0.2) is 8.78 Å². The first kappa shape index (κ1) is 11.5. The van der Waals surface area contributed by atoms with E-state index in [9.17, 15) is 8.78 Å². The molecule has 16 heavy (non-hydrogen) atoms. The number of benzene rings is 1. The summed E-state index contributed by atoms with van der Waals surface area (Å²) in [6, 6.07) is 4.23. The second-order valence-electron chi connectivity index (χ2n) is 4.45. The highest BCUT2D eigenvalue weighted by Gasteiger charge is 2.27. The third-order valence-electron chi connectivity index (χ3n) is 3.50. The minimum atomic E-state index is -0.502. The van der Waals surface area contributed by atoms with Crippen LogP contribution in [0.3, 0.4) is 0 Å². The molecule has 88 valence electrons. The molecule has 1 nitrogen and oxygen atoms in total. The molecule has 1 fully saturated rings. The van der Waals surface area contributed by atoms with E-state index in [4.69, 9.17) is 0 Å². The van der Waals surface area contributed by atoms with Gasteiger partial charge in [-0.05, 0) is 31.5 Å². The Morgan fingerprint density at radius 3 is 2.62 bits per heavy atom. The van der Waals surface area contributed by atoms with Crippen LogP contribution in [0.15, 0.2) is 18.2 Å². The van der Waals surface area contributed by atoms with Gasteiger partial charge >= 0.3 is 0 Å². The lowest BCUT2D eigenvalue weighted by Gasteiger charge is -2.31. The Morgan fingerprint density at radius 2 is 1.94 bits per heavy atom. The first-order chi connectivity index (χ1) is 7.72. The zero-order valence-electron chi connectivity index (χ0n) is 9.47. The number of hydrogen-bond acceptors (Lipinski definition) is 1. The van der Waals surface area contributed by atoms with Crippen LogP contribution in [0.4, 0.5) is 8.78 Å². The van der Waals surface area contributed by atoms with Crippen molar-refractivity contribution in [2.45, 2.75) is 37.6 Å². The van der Waals surface area contributed by atoms with Gasteiger partial charge in [0.2, 0.25) is 0 Å². The molecule has 0 amide bonds. The average Bonchev–Trinajstić information content (AvgIpc) is 2.29. The van der Waals surface area contributed by atoms with E-state index in [1.807, 2.05) is 7.05 Å². The summed E-state index contributed by atoms with van der Waals surface area (Å²) in [4.78, 5) is 0. The molecule has 0 bridgehead atoms. The Kier molecular flexibility index (Phi) is 3.54. The molecule has 2 atom stereocenters. The van der Waals surface area contributed by atoms with Crippen molar-refractivity contribution in [2.24, 2.45) is 0 Å². The molecule has 0 saturated heterocycles. The van der Waals surface area contributed by atoms with Crippen molar-refractivity contribution >= 4 is 0 Å². The molecule has 0 heterocycles. The summed E-state index contributed by atoms with van der Waals surface area (Å²) in [7, 11) is 1.91. The van der Waals surface area contributed by atoms with Crippen molar-refractivity contribution < 1.29 is 8.78 Å². The maximum absolute atomic E-state index is 13.7. The van der Waals surface area contributed by atoms with Gasteiger partial charge < -0.3 is 5.32 Å². The van der Waals surface area contributed by atoms with E-state index in [1.54, 1.807) is 6.07 Å². The molecule has 0 spiro atoms. The average molecular weight is 225 g/mol. The Labute approximate surface area is 94.9 Å². The van der Waals surface area contributed by atoms with Gasteiger partial charge in [0.15, 0.2) is 0 Å². The van der Waals surface area contributed by atoms with E-state index < -0.39 is 11.6 Å². The smallest absolute Gasteiger partial charge is 0.129 e. The summed E-state index contributed by atoms with van der Waals surface area (Å²) >= 11 is 0. The van der Waals surface area contributed by atoms with Crippen molar-refractivity contribution in [3.63, 3.8) is 0 Å². The second-order valence-corrected chi connectivity index (χ2v) is 4.45. The van der Waals surface area contributed by atoms with Gasteiger partial charge in [0.25, 0.3) is 0 Å². The molecule has 1 N–H and O–H groups in total. The molecule has 2 unspecified atom stereocenters. The van der Waals surface area contributed by atoms with Crippen molar-refractivity contribution in [1.29, 1.82) is 0 Å². The van der Waals surface area contributed by atoms with Gasteiger partial charge in [-0.2, -0.15) is 0 Å². The zero-order valence-corrected chi connectivity index (χ0v) is 9.47. The highest BCUT2D eigenvalue weighted by atomic mass is 19.1. The maximum Gasteiger partial charge on any atom is 0.129 e. The number of rotatable bonds is 2. The van der Waals surface area contributed by atoms with E-state index >= 15 is 0 Å². The number of hydrogen-bond donors (Lipinski definition) is 1. The molecule has 1 aromatic rings. The molecule has 0 aromatic heterocycles. The Hall–Kier alpha value is -0.960. The lowest BCUT2D eigenvalue weighted by atomic mass is 9.80. The molecule has 0 radical (unpaired) electrons. The van der Waals surface area contributed by atoms with E-state index in [-0.39, 0.29) is 5.92 Å². The zero-order chi connectivity index (χ0) is 11.5. The van der Waals surface area contributed by atoms with Gasteiger partial charge in [-0.3, -0.25) is 0 Å². The standard InChI is InChI=1S/C13H17F2N/c1-16-13-5-3-2-4-11(13)10-7-6-9(14)8-12(10)15/h6-8,11,13,16H,2-5H2,1H3. The fourth-order valence-electron chi connectivity index (χ4n) is 2.65. The number of likely N-dealkylation sites (N-methyl/N-ethyl adjacent to an activating group) is 1. The highest BCUT2D eigenvalue weighted by Crippen LogP contribution is 2.34. The Bertz CT molecular complexity index is 365. The van der Waals surface area contributed by atoms with Gasteiger partial charge in [-0.1, -0.05) is 18.9 Å². The minimum absolute atomic E-state index is 0.180.